The highest BCUT2D eigenvalue weighted by Gasteiger charge is 2.31. The van der Waals surface area contributed by atoms with Gasteiger partial charge in [0.15, 0.2) is 0 Å². The number of benzene rings is 1. The molecule has 96 valence electrons. The van der Waals surface area contributed by atoms with Crippen LogP contribution >= 0.6 is 0 Å². The van der Waals surface area contributed by atoms with Crippen LogP contribution < -0.4 is 4.90 Å². The quantitative estimate of drug-likeness (QED) is 0.840. The summed E-state index contributed by atoms with van der Waals surface area (Å²) in [6.07, 6.45) is 4.29. The minimum atomic E-state index is 0.470. The van der Waals surface area contributed by atoms with Gasteiger partial charge < -0.3 is 4.90 Å². The molecule has 1 aliphatic rings. The van der Waals surface area contributed by atoms with Gasteiger partial charge in [0.2, 0.25) is 0 Å². The molecule has 3 nitrogen and oxygen atoms in total. The van der Waals surface area contributed by atoms with E-state index < -0.39 is 0 Å². The summed E-state index contributed by atoms with van der Waals surface area (Å²) in [6, 6.07) is 10.8. The molecule has 1 aliphatic carbocycles. The third-order valence-electron chi connectivity index (χ3n) is 4.14. The molecule has 3 rings (SSSR count). The second kappa shape index (κ2) is 4.55. The summed E-state index contributed by atoms with van der Waals surface area (Å²) in [6.45, 7) is 2.24. The topological polar surface area (TPSA) is 39.9 Å². The second-order valence-electron chi connectivity index (χ2n) is 5.34. The number of para-hydroxylation sites is 1. The van der Waals surface area contributed by atoms with E-state index in [1.165, 1.54) is 12.8 Å². The fourth-order valence-electron chi connectivity index (χ4n) is 2.69. The second-order valence-corrected chi connectivity index (χ2v) is 5.34. The van der Waals surface area contributed by atoms with E-state index in [2.05, 4.69) is 36.0 Å². The van der Waals surface area contributed by atoms with Crippen LogP contribution in [0.5, 0.6) is 0 Å². The maximum absolute atomic E-state index is 9.35. The molecule has 0 N–H and O–H groups in total. The van der Waals surface area contributed by atoms with E-state index in [-0.39, 0.29) is 0 Å². The number of hydrogen-bond donors (Lipinski definition) is 0. The lowest BCUT2D eigenvalue weighted by atomic mass is 10.1. The summed E-state index contributed by atoms with van der Waals surface area (Å²) >= 11 is 0. The molecule has 1 unspecified atom stereocenters. The minimum Gasteiger partial charge on any atom is -0.370 e. The predicted octanol–water partition coefficient (Wildman–Crippen LogP) is 3.34. The lowest BCUT2D eigenvalue weighted by molar-refractivity contribution is 0.610. The van der Waals surface area contributed by atoms with Crippen LogP contribution in [0.15, 0.2) is 30.5 Å². The van der Waals surface area contributed by atoms with E-state index in [1.807, 2.05) is 18.2 Å². The predicted molar refractivity (Wildman–Crippen MR) is 77.0 cm³/mol. The molecular weight excluding hydrogens is 234 g/mol. The van der Waals surface area contributed by atoms with Crippen LogP contribution in [-0.2, 0) is 0 Å². The Morgan fingerprint density at radius 2 is 2.11 bits per heavy atom. The normalized spacial score (nSPS) is 16.1. The Morgan fingerprint density at radius 1 is 1.37 bits per heavy atom. The molecule has 1 heterocycles. The Morgan fingerprint density at radius 3 is 2.79 bits per heavy atom. The van der Waals surface area contributed by atoms with E-state index in [0.717, 1.165) is 22.5 Å². The Labute approximate surface area is 113 Å². The summed E-state index contributed by atoms with van der Waals surface area (Å²) in [5.74, 6) is 0.767. The lowest BCUT2D eigenvalue weighted by Crippen LogP contribution is -2.31. The number of hydrogen-bond acceptors (Lipinski definition) is 3. The van der Waals surface area contributed by atoms with E-state index in [0.29, 0.717) is 11.6 Å². The maximum Gasteiger partial charge on any atom is 0.103 e. The van der Waals surface area contributed by atoms with Gasteiger partial charge in [-0.05, 0) is 31.7 Å². The van der Waals surface area contributed by atoms with Gasteiger partial charge in [0.25, 0.3) is 0 Å². The fourth-order valence-corrected chi connectivity index (χ4v) is 2.69. The van der Waals surface area contributed by atoms with Crippen LogP contribution in [0.25, 0.3) is 10.9 Å². The molecule has 0 saturated heterocycles. The first kappa shape index (κ1) is 12.0. The molecule has 19 heavy (non-hydrogen) atoms. The molecule has 0 bridgehead atoms. The molecule has 1 atom stereocenters. The Hall–Kier alpha value is -2.08. The van der Waals surface area contributed by atoms with Crippen molar-refractivity contribution < 1.29 is 0 Å². The maximum atomic E-state index is 9.35. The van der Waals surface area contributed by atoms with Crippen molar-refractivity contribution in [2.75, 3.05) is 11.9 Å². The van der Waals surface area contributed by atoms with E-state index in [4.69, 9.17) is 0 Å². The molecule has 1 saturated carbocycles. The van der Waals surface area contributed by atoms with Gasteiger partial charge in [-0.15, -0.1) is 0 Å². The largest absolute Gasteiger partial charge is 0.370 e. The van der Waals surface area contributed by atoms with Gasteiger partial charge in [-0.1, -0.05) is 18.2 Å². The van der Waals surface area contributed by atoms with Gasteiger partial charge >= 0.3 is 0 Å². The Balaban J connectivity index is 2.16. The number of fused-ring (bicyclic) bond motifs is 1. The molecule has 3 heteroatoms. The number of anilines is 1. The van der Waals surface area contributed by atoms with Crippen LogP contribution in [0.3, 0.4) is 0 Å². The molecule has 0 radical (unpaired) electrons. The van der Waals surface area contributed by atoms with Crippen molar-refractivity contribution in [2.45, 2.75) is 25.8 Å². The van der Waals surface area contributed by atoms with Crippen molar-refractivity contribution in [3.05, 3.63) is 36.0 Å². The summed E-state index contributed by atoms with van der Waals surface area (Å²) in [5.41, 5.74) is 2.63. The number of nitriles is 1. The van der Waals surface area contributed by atoms with Crippen molar-refractivity contribution in [3.63, 3.8) is 0 Å². The van der Waals surface area contributed by atoms with Crippen molar-refractivity contribution in [2.24, 2.45) is 5.92 Å². The summed E-state index contributed by atoms with van der Waals surface area (Å²) in [7, 11) is 2.09. The van der Waals surface area contributed by atoms with E-state index in [9.17, 15) is 5.26 Å². The Kier molecular flexibility index (Phi) is 2.87. The van der Waals surface area contributed by atoms with Gasteiger partial charge in [0, 0.05) is 24.7 Å². The van der Waals surface area contributed by atoms with Crippen molar-refractivity contribution in [3.8, 4) is 6.07 Å². The summed E-state index contributed by atoms with van der Waals surface area (Å²) in [5, 5.41) is 10.4. The standard InChI is InChI=1S/C16H17N3/c1-11(12-7-8-12)19(2)16-13(9-17)10-18-15-6-4-3-5-14(15)16/h3-6,10-12H,7-8H2,1-2H3. The van der Waals surface area contributed by atoms with Crippen LogP contribution in [0, 0.1) is 17.2 Å². The average Bonchev–Trinajstić information content (AvgIpc) is 3.29. The zero-order valence-electron chi connectivity index (χ0n) is 11.3. The van der Waals surface area contributed by atoms with Gasteiger partial charge in [-0.3, -0.25) is 4.98 Å². The third-order valence-corrected chi connectivity index (χ3v) is 4.14. The first-order valence-electron chi connectivity index (χ1n) is 6.73. The zero-order chi connectivity index (χ0) is 13.4. The molecule has 1 aromatic carbocycles. The molecule has 0 spiro atoms. The summed E-state index contributed by atoms with van der Waals surface area (Å²) < 4.78 is 0. The minimum absolute atomic E-state index is 0.470. The fraction of sp³-hybridized carbons (Fsp3) is 0.375. The smallest absolute Gasteiger partial charge is 0.103 e. The first-order chi connectivity index (χ1) is 9.22. The van der Waals surface area contributed by atoms with Crippen molar-refractivity contribution in [1.82, 2.24) is 4.98 Å². The number of rotatable bonds is 3. The average molecular weight is 251 g/mol. The molecule has 1 fully saturated rings. The van der Waals surface area contributed by atoms with Crippen LogP contribution in [0.1, 0.15) is 25.3 Å². The van der Waals surface area contributed by atoms with Crippen LogP contribution in [0.4, 0.5) is 5.69 Å². The monoisotopic (exact) mass is 251 g/mol. The molecular formula is C16H17N3. The first-order valence-corrected chi connectivity index (χ1v) is 6.73. The number of nitrogens with zero attached hydrogens (tertiary/aromatic N) is 3. The highest BCUT2D eigenvalue weighted by Crippen LogP contribution is 2.38. The SMILES string of the molecule is CC(C1CC1)N(C)c1c(C#N)cnc2ccccc12. The number of pyridine rings is 1. The van der Waals surface area contributed by atoms with Crippen molar-refractivity contribution >= 4 is 16.6 Å². The highest BCUT2D eigenvalue weighted by atomic mass is 15.1. The summed E-state index contributed by atoms with van der Waals surface area (Å²) in [4.78, 5) is 6.62. The van der Waals surface area contributed by atoms with Gasteiger partial charge in [0.05, 0.1) is 16.8 Å². The van der Waals surface area contributed by atoms with Crippen molar-refractivity contribution in [1.29, 1.82) is 5.26 Å². The molecule has 1 aromatic heterocycles. The van der Waals surface area contributed by atoms with E-state index >= 15 is 0 Å². The Bertz CT molecular complexity index is 653. The number of aromatic nitrogens is 1. The molecule has 0 amide bonds. The van der Waals surface area contributed by atoms with E-state index in [1.54, 1.807) is 6.20 Å². The molecule has 0 aliphatic heterocycles. The van der Waals surface area contributed by atoms with Crippen LogP contribution in [-0.4, -0.2) is 18.1 Å². The highest BCUT2D eigenvalue weighted by molar-refractivity contribution is 5.94. The molecule has 2 aromatic rings. The van der Waals surface area contributed by atoms with Gasteiger partial charge in [0.1, 0.15) is 6.07 Å². The third kappa shape index (κ3) is 2.04. The van der Waals surface area contributed by atoms with Crippen LogP contribution in [0.2, 0.25) is 0 Å². The van der Waals surface area contributed by atoms with Gasteiger partial charge in [-0.25, -0.2) is 0 Å². The lowest BCUT2D eigenvalue weighted by Gasteiger charge is -2.28. The van der Waals surface area contributed by atoms with Gasteiger partial charge in [-0.2, -0.15) is 5.26 Å². The zero-order valence-corrected chi connectivity index (χ0v) is 11.3.